The smallest absolute Gasteiger partial charge is 0.257 e. The van der Waals surface area contributed by atoms with Gasteiger partial charge in [-0.05, 0) is 31.4 Å². The molecule has 0 saturated carbocycles. The first-order valence-electron chi connectivity index (χ1n) is 5.87. The van der Waals surface area contributed by atoms with Gasteiger partial charge in [-0.3, -0.25) is 0 Å². The third-order valence-corrected chi connectivity index (χ3v) is 3.90. The summed E-state index contributed by atoms with van der Waals surface area (Å²) in [5.41, 5.74) is 1.34. The summed E-state index contributed by atoms with van der Waals surface area (Å²) < 4.78 is 11.3. The molecule has 0 saturated heterocycles. The standard InChI is InChI=1S/C12H20ClO2P/c1-3-5-6-11-9-12(7-8-13)15-16(10-11)14-4-2/h9-10H,3-8H2,1-2H3. The number of alkyl halides is 1. The Kier molecular flexibility index (Phi) is 7.11. The van der Waals surface area contributed by atoms with Gasteiger partial charge in [0.25, 0.3) is 8.38 Å². The first kappa shape index (κ1) is 14.0. The Labute approximate surface area is 105 Å². The average molecular weight is 263 g/mol. The van der Waals surface area contributed by atoms with Gasteiger partial charge in [0.1, 0.15) is 5.76 Å². The molecule has 1 aliphatic rings. The van der Waals surface area contributed by atoms with E-state index in [-0.39, 0.29) is 0 Å². The topological polar surface area (TPSA) is 18.5 Å². The third-order valence-electron chi connectivity index (χ3n) is 2.24. The summed E-state index contributed by atoms with van der Waals surface area (Å²) in [7, 11) is -0.868. The van der Waals surface area contributed by atoms with Crippen molar-refractivity contribution in [2.45, 2.75) is 39.5 Å². The van der Waals surface area contributed by atoms with Crippen molar-refractivity contribution in [2.24, 2.45) is 0 Å². The molecule has 0 aliphatic carbocycles. The number of unbranched alkanes of at least 4 members (excludes halogenated alkanes) is 1. The lowest BCUT2D eigenvalue weighted by atomic mass is 10.1. The van der Waals surface area contributed by atoms with Crippen LogP contribution < -0.4 is 0 Å². The van der Waals surface area contributed by atoms with Crippen LogP contribution in [0.5, 0.6) is 0 Å². The largest absolute Gasteiger partial charge is 0.449 e. The maximum absolute atomic E-state index is 5.74. The zero-order valence-electron chi connectivity index (χ0n) is 10.0. The summed E-state index contributed by atoms with van der Waals surface area (Å²) in [5.74, 6) is 3.71. The number of allylic oxidation sites excluding steroid dienone is 3. The monoisotopic (exact) mass is 262 g/mol. The van der Waals surface area contributed by atoms with Gasteiger partial charge in [0.2, 0.25) is 0 Å². The van der Waals surface area contributed by atoms with Crippen LogP contribution in [0.4, 0.5) is 0 Å². The molecule has 0 bridgehead atoms. The Bertz CT molecular complexity index is 264. The molecular formula is C12H20ClO2P. The normalized spacial score (nSPS) is 20.1. The highest BCUT2D eigenvalue weighted by Crippen LogP contribution is 2.47. The molecule has 1 unspecified atom stereocenters. The Morgan fingerprint density at radius 1 is 1.38 bits per heavy atom. The highest BCUT2D eigenvalue weighted by Gasteiger charge is 2.16. The van der Waals surface area contributed by atoms with Crippen LogP contribution in [0.15, 0.2) is 23.2 Å². The first-order chi connectivity index (χ1) is 7.80. The summed E-state index contributed by atoms with van der Waals surface area (Å²) >= 11 is 5.74. The highest BCUT2D eigenvalue weighted by atomic mass is 35.5. The molecule has 92 valence electrons. The van der Waals surface area contributed by atoms with E-state index in [1.54, 1.807) is 0 Å². The molecule has 16 heavy (non-hydrogen) atoms. The molecular weight excluding hydrogens is 243 g/mol. The van der Waals surface area contributed by atoms with E-state index in [9.17, 15) is 0 Å². The highest BCUT2D eigenvalue weighted by molar-refractivity contribution is 7.51. The number of hydrogen-bond acceptors (Lipinski definition) is 2. The van der Waals surface area contributed by atoms with Crippen LogP contribution in [-0.4, -0.2) is 12.5 Å². The summed E-state index contributed by atoms with van der Waals surface area (Å²) in [5, 5.41) is 0. The van der Waals surface area contributed by atoms with E-state index < -0.39 is 8.38 Å². The molecule has 0 amide bonds. The van der Waals surface area contributed by atoms with E-state index >= 15 is 0 Å². The minimum Gasteiger partial charge on any atom is -0.449 e. The van der Waals surface area contributed by atoms with Gasteiger partial charge in [0.05, 0.1) is 6.61 Å². The molecule has 0 radical (unpaired) electrons. The van der Waals surface area contributed by atoms with Crippen molar-refractivity contribution < 1.29 is 9.05 Å². The van der Waals surface area contributed by atoms with Crippen molar-refractivity contribution in [1.29, 1.82) is 0 Å². The van der Waals surface area contributed by atoms with Crippen molar-refractivity contribution in [3.8, 4) is 0 Å². The van der Waals surface area contributed by atoms with Gasteiger partial charge >= 0.3 is 0 Å². The van der Waals surface area contributed by atoms with Crippen LogP contribution in [0, 0.1) is 0 Å². The molecule has 1 aliphatic heterocycles. The fourth-order valence-corrected chi connectivity index (χ4v) is 2.94. The predicted molar refractivity (Wildman–Crippen MR) is 70.7 cm³/mol. The van der Waals surface area contributed by atoms with E-state index in [1.807, 2.05) is 6.92 Å². The fraction of sp³-hybridized carbons (Fsp3) is 0.667. The summed E-state index contributed by atoms with van der Waals surface area (Å²) in [4.78, 5) is 0. The predicted octanol–water partition coefficient (Wildman–Crippen LogP) is 4.95. The zero-order chi connectivity index (χ0) is 11.8. The van der Waals surface area contributed by atoms with Gasteiger partial charge in [-0.15, -0.1) is 11.6 Å². The Hall–Kier alpha value is -0.0400. The van der Waals surface area contributed by atoms with E-state index in [1.165, 1.54) is 18.4 Å². The van der Waals surface area contributed by atoms with Crippen LogP contribution in [0.1, 0.15) is 39.5 Å². The zero-order valence-corrected chi connectivity index (χ0v) is 11.7. The molecule has 0 aromatic heterocycles. The van der Waals surface area contributed by atoms with E-state index in [0.717, 1.165) is 18.6 Å². The van der Waals surface area contributed by atoms with Gasteiger partial charge in [-0.1, -0.05) is 13.3 Å². The van der Waals surface area contributed by atoms with Gasteiger partial charge in [-0.2, -0.15) is 0 Å². The van der Waals surface area contributed by atoms with Crippen molar-refractivity contribution in [1.82, 2.24) is 0 Å². The van der Waals surface area contributed by atoms with Crippen molar-refractivity contribution in [3.05, 3.63) is 23.2 Å². The van der Waals surface area contributed by atoms with E-state index in [0.29, 0.717) is 12.5 Å². The van der Waals surface area contributed by atoms with E-state index in [4.69, 9.17) is 20.6 Å². The molecule has 0 fully saturated rings. The van der Waals surface area contributed by atoms with Crippen molar-refractivity contribution >= 4 is 20.0 Å². The van der Waals surface area contributed by atoms with Gasteiger partial charge in [0, 0.05) is 18.1 Å². The Morgan fingerprint density at radius 2 is 2.19 bits per heavy atom. The molecule has 1 heterocycles. The SMILES string of the molecule is CCCCC1=CP(OCC)OC(CCCl)=C1. The van der Waals surface area contributed by atoms with E-state index in [2.05, 4.69) is 18.8 Å². The number of halogens is 1. The second-order valence-corrected chi connectivity index (χ2v) is 5.30. The molecule has 2 nitrogen and oxygen atoms in total. The molecule has 0 aromatic rings. The number of rotatable bonds is 7. The third kappa shape index (κ3) is 4.86. The maximum atomic E-state index is 5.74. The molecule has 0 spiro atoms. The van der Waals surface area contributed by atoms with Crippen LogP contribution in [0.2, 0.25) is 0 Å². The van der Waals surface area contributed by atoms with Gasteiger partial charge in [0.15, 0.2) is 0 Å². The van der Waals surface area contributed by atoms with Crippen molar-refractivity contribution in [2.75, 3.05) is 12.5 Å². The average Bonchev–Trinajstić information content (AvgIpc) is 2.27. The van der Waals surface area contributed by atoms with Gasteiger partial charge in [-0.25, -0.2) is 0 Å². The van der Waals surface area contributed by atoms with Gasteiger partial charge < -0.3 is 9.05 Å². The quantitative estimate of drug-likeness (QED) is 0.477. The molecule has 0 N–H and O–H groups in total. The molecule has 1 atom stereocenters. The Balaban J connectivity index is 2.60. The molecule has 4 heteroatoms. The van der Waals surface area contributed by atoms with Crippen LogP contribution in [0.3, 0.4) is 0 Å². The summed E-state index contributed by atoms with van der Waals surface area (Å²) in [6.45, 7) is 4.89. The summed E-state index contributed by atoms with van der Waals surface area (Å²) in [6.07, 6.45) is 6.44. The first-order valence-corrected chi connectivity index (χ1v) is 7.65. The number of hydrogen-bond donors (Lipinski definition) is 0. The summed E-state index contributed by atoms with van der Waals surface area (Å²) in [6, 6.07) is 0. The van der Waals surface area contributed by atoms with Crippen LogP contribution in [-0.2, 0) is 9.05 Å². The van der Waals surface area contributed by atoms with Crippen molar-refractivity contribution in [3.63, 3.8) is 0 Å². The lowest BCUT2D eigenvalue weighted by Crippen LogP contribution is -1.98. The van der Waals surface area contributed by atoms with Crippen LogP contribution in [0.25, 0.3) is 0 Å². The Morgan fingerprint density at radius 3 is 2.81 bits per heavy atom. The second kappa shape index (κ2) is 8.11. The minimum absolute atomic E-state index is 0.599. The lowest BCUT2D eigenvalue weighted by molar-refractivity contribution is 0.304. The lowest BCUT2D eigenvalue weighted by Gasteiger charge is -2.21. The fourth-order valence-electron chi connectivity index (χ4n) is 1.47. The second-order valence-electron chi connectivity index (χ2n) is 3.65. The minimum atomic E-state index is -0.868. The van der Waals surface area contributed by atoms with Crippen LogP contribution >= 0.6 is 20.0 Å². The molecule has 1 rings (SSSR count). The molecule has 0 aromatic carbocycles. The maximum Gasteiger partial charge on any atom is 0.257 e.